The monoisotopic (exact) mass is 342 g/mol. The van der Waals surface area contributed by atoms with E-state index in [2.05, 4.69) is 15.8 Å². The molecular weight excluding hydrogens is 320 g/mol. The van der Waals surface area contributed by atoms with Gasteiger partial charge in [-0.3, -0.25) is 4.79 Å². The molecule has 7 heteroatoms. The summed E-state index contributed by atoms with van der Waals surface area (Å²) >= 11 is 0. The SMILES string of the molecule is CNC(=O)c1ccc(CNC(=O)N(C)Cc2cc(C3CC3)on2)cc1. The number of hydrogen-bond donors (Lipinski definition) is 2. The molecule has 1 aromatic carbocycles. The Balaban J connectivity index is 1.48. The molecule has 1 aliphatic carbocycles. The van der Waals surface area contributed by atoms with Gasteiger partial charge in [-0.2, -0.15) is 0 Å². The maximum atomic E-state index is 12.2. The van der Waals surface area contributed by atoms with E-state index in [0.717, 1.165) is 29.9 Å². The second-order valence-corrected chi connectivity index (χ2v) is 6.29. The topological polar surface area (TPSA) is 87.5 Å². The van der Waals surface area contributed by atoms with E-state index in [0.29, 0.717) is 24.6 Å². The zero-order valence-electron chi connectivity index (χ0n) is 14.4. The van der Waals surface area contributed by atoms with Gasteiger partial charge in [0, 0.05) is 38.2 Å². The smallest absolute Gasteiger partial charge is 0.317 e. The van der Waals surface area contributed by atoms with Gasteiger partial charge in [-0.15, -0.1) is 0 Å². The first-order chi connectivity index (χ1) is 12.1. The van der Waals surface area contributed by atoms with Gasteiger partial charge in [-0.05, 0) is 30.5 Å². The Bertz CT molecular complexity index is 750. The summed E-state index contributed by atoms with van der Waals surface area (Å²) in [5.41, 5.74) is 2.27. The van der Waals surface area contributed by atoms with E-state index in [9.17, 15) is 9.59 Å². The highest BCUT2D eigenvalue weighted by Gasteiger charge is 2.28. The molecule has 2 N–H and O–H groups in total. The van der Waals surface area contributed by atoms with Crippen LogP contribution in [0.15, 0.2) is 34.9 Å². The van der Waals surface area contributed by atoms with Gasteiger partial charge in [0.2, 0.25) is 0 Å². The number of urea groups is 1. The third-order valence-corrected chi connectivity index (χ3v) is 4.19. The first kappa shape index (κ1) is 17.0. The molecule has 3 rings (SSSR count). The van der Waals surface area contributed by atoms with E-state index in [-0.39, 0.29) is 11.9 Å². The van der Waals surface area contributed by atoms with Gasteiger partial charge in [0.05, 0.1) is 6.54 Å². The summed E-state index contributed by atoms with van der Waals surface area (Å²) in [4.78, 5) is 25.3. The third-order valence-electron chi connectivity index (χ3n) is 4.19. The lowest BCUT2D eigenvalue weighted by Gasteiger charge is -2.16. The molecule has 0 radical (unpaired) electrons. The average molecular weight is 342 g/mol. The van der Waals surface area contributed by atoms with Crippen molar-refractivity contribution >= 4 is 11.9 Å². The van der Waals surface area contributed by atoms with Crippen LogP contribution in [0.25, 0.3) is 0 Å². The molecule has 1 aromatic heterocycles. The zero-order valence-corrected chi connectivity index (χ0v) is 14.4. The molecule has 0 bridgehead atoms. The summed E-state index contributed by atoms with van der Waals surface area (Å²) in [6.07, 6.45) is 2.31. The Hall–Kier alpha value is -2.83. The molecule has 1 saturated carbocycles. The van der Waals surface area contributed by atoms with Crippen molar-refractivity contribution < 1.29 is 14.1 Å². The van der Waals surface area contributed by atoms with Crippen LogP contribution in [0.2, 0.25) is 0 Å². The minimum absolute atomic E-state index is 0.131. The largest absolute Gasteiger partial charge is 0.361 e. The molecule has 0 spiro atoms. The number of hydrogen-bond acceptors (Lipinski definition) is 4. The Morgan fingerprint density at radius 1 is 1.28 bits per heavy atom. The number of carbonyl (C=O) groups is 2. The molecule has 3 amide bonds. The fraction of sp³-hybridized carbons (Fsp3) is 0.389. The summed E-state index contributed by atoms with van der Waals surface area (Å²) in [6, 6.07) is 8.86. The first-order valence-electron chi connectivity index (χ1n) is 8.32. The van der Waals surface area contributed by atoms with Crippen molar-refractivity contribution in [3.8, 4) is 0 Å². The van der Waals surface area contributed by atoms with Crippen LogP contribution in [0.1, 0.15) is 46.1 Å². The van der Waals surface area contributed by atoms with Gasteiger partial charge in [-0.1, -0.05) is 17.3 Å². The average Bonchev–Trinajstić information content (AvgIpc) is 3.39. The first-order valence-corrected chi connectivity index (χ1v) is 8.32. The Labute approximate surface area is 146 Å². The molecule has 132 valence electrons. The van der Waals surface area contributed by atoms with Crippen LogP contribution in [-0.4, -0.2) is 36.1 Å². The fourth-order valence-electron chi connectivity index (χ4n) is 2.51. The van der Waals surface area contributed by atoms with Crippen LogP contribution in [0.4, 0.5) is 4.79 Å². The zero-order chi connectivity index (χ0) is 17.8. The number of benzene rings is 1. The minimum Gasteiger partial charge on any atom is -0.361 e. The lowest BCUT2D eigenvalue weighted by atomic mass is 10.1. The Morgan fingerprint density at radius 3 is 2.64 bits per heavy atom. The van der Waals surface area contributed by atoms with Gasteiger partial charge in [0.25, 0.3) is 5.91 Å². The van der Waals surface area contributed by atoms with Crippen molar-refractivity contribution in [2.24, 2.45) is 0 Å². The van der Waals surface area contributed by atoms with Crippen molar-refractivity contribution in [2.75, 3.05) is 14.1 Å². The molecule has 25 heavy (non-hydrogen) atoms. The van der Waals surface area contributed by atoms with Crippen LogP contribution in [-0.2, 0) is 13.1 Å². The van der Waals surface area contributed by atoms with Crippen molar-refractivity contribution in [3.05, 3.63) is 52.9 Å². The molecule has 1 fully saturated rings. The van der Waals surface area contributed by atoms with Crippen LogP contribution >= 0.6 is 0 Å². The fourth-order valence-corrected chi connectivity index (χ4v) is 2.51. The van der Waals surface area contributed by atoms with E-state index in [4.69, 9.17) is 4.52 Å². The second-order valence-electron chi connectivity index (χ2n) is 6.29. The molecule has 1 aliphatic rings. The molecule has 1 heterocycles. The predicted molar refractivity (Wildman–Crippen MR) is 92.0 cm³/mol. The van der Waals surface area contributed by atoms with Crippen molar-refractivity contribution in [3.63, 3.8) is 0 Å². The van der Waals surface area contributed by atoms with E-state index in [1.807, 2.05) is 18.2 Å². The van der Waals surface area contributed by atoms with E-state index in [1.165, 1.54) is 0 Å². The quantitative estimate of drug-likeness (QED) is 0.843. The number of carbonyl (C=O) groups excluding carboxylic acids is 2. The predicted octanol–water partition coefficient (Wildman–Crippen LogP) is 2.25. The van der Waals surface area contributed by atoms with E-state index in [1.54, 1.807) is 31.1 Å². The highest BCUT2D eigenvalue weighted by atomic mass is 16.5. The van der Waals surface area contributed by atoms with Crippen molar-refractivity contribution in [1.29, 1.82) is 0 Å². The minimum atomic E-state index is -0.189. The van der Waals surface area contributed by atoms with Crippen molar-refractivity contribution in [2.45, 2.75) is 31.8 Å². The summed E-state index contributed by atoms with van der Waals surface area (Å²) < 4.78 is 5.30. The van der Waals surface area contributed by atoms with Gasteiger partial charge >= 0.3 is 6.03 Å². The number of amides is 3. The molecule has 2 aromatic rings. The maximum absolute atomic E-state index is 12.2. The molecular formula is C18H22N4O3. The number of nitrogens with one attached hydrogen (secondary N) is 2. The Kier molecular flexibility index (Phi) is 5.02. The summed E-state index contributed by atoms with van der Waals surface area (Å²) in [7, 11) is 3.31. The molecule has 0 unspecified atom stereocenters. The highest BCUT2D eigenvalue weighted by Crippen LogP contribution is 2.40. The highest BCUT2D eigenvalue weighted by molar-refractivity contribution is 5.93. The van der Waals surface area contributed by atoms with E-state index >= 15 is 0 Å². The molecule has 0 aliphatic heterocycles. The molecule has 7 nitrogen and oxygen atoms in total. The second kappa shape index (κ2) is 7.38. The third kappa shape index (κ3) is 4.37. The lowest BCUT2D eigenvalue weighted by molar-refractivity contribution is 0.0963. The summed E-state index contributed by atoms with van der Waals surface area (Å²) in [5.74, 6) is 1.30. The summed E-state index contributed by atoms with van der Waals surface area (Å²) in [6.45, 7) is 0.793. The normalized spacial score (nSPS) is 13.4. The van der Waals surface area contributed by atoms with Gasteiger partial charge in [0.1, 0.15) is 11.5 Å². The lowest BCUT2D eigenvalue weighted by Crippen LogP contribution is -2.36. The Morgan fingerprint density at radius 2 is 2.00 bits per heavy atom. The van der Waals surface area contributed by atoms with Gasteiger partial charge in [-0.25, -0.2) is 4.79 Å². The van der Waals surface area contributed by atoms with Crippen LogP contribution in [0, 0.1) is 0 Å². The number of aromatic nitrogens is 1. The summed E-state index contributed by atoms with van der Waals surface area (Å²) in [5, 5.41) is 9.44. The van der Waals surface area contributed by atoms with Crippen LogP contribution in [0.3, 0.4) is 0 Å². The van der Waals surface area contributed by atoms with Gasteiger partial charge < -0.3 is 20.1 Å². The maximum Gasteiger partial charge on any atom is 0.317 e. The van der Waals surface area contributed by atoms with Crippen LogP contribution in [0.5, 0.6) is 0 Å². The van der Waals surface area contributed by atoms with E-state index < -0.39 is 0 Å². The van der Waals surface area contributed by atoms with Crippen molar-refractivity contribution in [1.82, 2.24) is 20.7 Å². The molecule has 0 atom stereocenters. The molecule has 0 saturated heterocycles. The van der Waals surface area contributed by atoms with Gasteiger partial charge in [0.15, 0.2) is 0 Å². The van der Waals surface area contributed by atoms with Crippen LogP contribution < -0.4 is 10.6 Å². The standard InChI is InChI=1S/C18H22N4O3/c1-19-17(23)14-5-3-12(4-6-14)10-20-18(24)22(2)11-15-9-16(25-21-15)13-7-8-13/h3-6,9,13H,7-8,10-11H2,1-2H3,(H,19,23)(H,20,24). The number of rotatable bonds is 6. The number of nitrogens with zero attached hydrogens (tertiary/aromatic N) is 2.